The molecule has 3 heterocycles. The van der Waals surface area contributed by atoms with Crippen molar-refractivity contribution in [3.8, 4) is 5.88 Å². The van der Waals surface area contributed by atoms with Crippen LogP contribution in [0.3, 0.4) is 0 Å². The van der Waals surface area contributed by atoms with Crippen molar-refractivity contribution in [2.75, 3.05) is 12.3 Å². The van der Waals surface area contributed by atoms with E-state index in [9.17, 15) is 0 Å². The van der Waals surface area contributed by atoms with Crippen LogP contribution in [-0.4, -0.2) is 16.2 Å². The molecule has 126 valence electrons. The normalized spacial score (nSPS) is 12.9. The first kappa shape index (κ1) is 16.6. The molecule has 1 aliphatic rings. The zero-order valence-corrected chi connectivity index (χ0v) is 14.5. The van der Waals surface area contributed by atoms with Crippen molar-refractivity contribution < 1.29 is 21.7 Å². The fourth-order valence-corrected chi connectivity index (χ4v) is 3.21. The third kappa shape index (κ3) is 2.91. The van der Waals surface area contributed by atoms with Gasteiger partial charge in [0.05, 0.1) is 12.1 Å². The maximum atomic E-state index is 6.22. The molecule has 0 fully saturated rings. The van der Waals surface area contributed by atoms with E-state index in [1.807, 2.05) is 28.5 Å². The number of hydrogen-bond acceptors (Lipinski definition) is 3. The van der Waals surface area contributed by atoms with Crippen LogP contribution in [0, 0.1) is 0 Å². The number of fused-ring (bicyclic) bond motifs is 3. The summed E-state index contributed by atoms with van der Waals surface area (Å²) in [4.78, 5) is 0. The third-order valence-electron chi connectivity index (χ3n) is 4.53. The van der Waals surface area contributed by atoms with Crippen LogP contribution in [0.2, 0.25) is 0 Å². The van der Waals surface area contributed by atoms with E-state index >= 15 is 0 Å². The number of pyridine rings is 2. The van der Waals surface area contributed by atoms with E-state index in [0.29, 0.717) is 18.2 Å². The van der Waals surface area contributed by atoms with Crippen molar-refractivity contribution in [2.24, 2.45) is 7.05 Å². The average molecular weight is 345 g/mol. The Balaban J connectivity index is 0.00000169. The predicted octanol–water partition coefficient (Wildman–Crippen LogP) is -1.14. The molecular formula is C18H21ClN4O. The largest absolute Gasteiger partial charge is 1.00 e. The van der Waals surface area contributed by atoms with Crippen molar-refractivity contribution in [3.05, 3.63) is 53.5 Å². The summed E-state index contributed by atoms with van der Waals surface area (Å²) in [6.45, 7) is 0.573. The average Bonchev–Trinajstić information content (AvgIpc) is 3.15. The maximum absolute atomic E-state index is 6.22. The molecule has 0 bridgehead atoms. The van der Waals surface area contributed by atoms with Crippen LogP contribution < -0.4 is 27.4 Å². The number of nitrogen functional groups attached to an aromatic ring is 1. The van der Waals surface area contributed by atoms with Gasteiger partial charge in [-0.05, 0) is 36.5 Å². The molecule has 0 saturated heterocycles. The minimum absolute atomic E-state index is 0. The summed E-state index contributed by atoms with van der Waals surface area (Å²) in [6.07, 6.45) is 8.30. The summed E-state index contributed by atoms with van der Waals surface area (Å²) < 4.78 is 9.84. The quantitative estimate of drug-likeness (QED) is 0.608. The van der Waals surface area contributed by atoms with Gasteiger partial charge in [0.2, 0.25) is 0 Å². The Hall–Kier alpha value is -2.27. The molecule has 3 aromatic heterocycles. The molecule has 0 saturated carbocycles. The third-order valence-corrected chi connectivity index (χ3v) is 4.53. The van der Waals surface area contributed by atoms with Crippen molar-refractivity contribution in [1.29, 1.82) is 0 Å². The Labute approximate surface area is 147 Å². The SMILES string of the molecule is C[n+]1ccc(CCOc2nn3c4c(ccc3c2N)CCC4)cc1.[Cl-]. The molecule has 0 unspecified atom stereocenters. The monoisotopic (exact) mass is 344 g/mol. The van der Waals surface area contributed by atoms with Gasteiger partial charge < -0.3 is 22.9 Å². The first-order valence-electron chi connectivity index (χ1n) is 8.08. The lowest BCUT2D eigenvalue weighted by Gasteiger charge is -2.03. The minimum Gasteiger partial charge on any atom is -1.00 e. The lowest BCUT2D eigenvalue weighted by Crippen LogP contribution is -3.00. The van der Waals surface area contributed by atoms with Gasteiger partial charge in [-0.25, -0.2) is 9.08 Å². The van der Waals surface area contributed by atoms with Gasteiger partial charge in [0.15, 0.2) is 12.4 Å². The fraction of sp³-hybridized carbons (Fsp3) is 0.333. The van der Waals surface area contributed by atoms with Crippen LogP contribution in [0.1, 0.15) is 23.2 Å². The highest BCUT2D eigenvalue weighted by atomic mass is 35.5. The summed E-state index contributed by atoms with van der Waals surface area (Å²) in [5, 5.41) is 4.59. The van der Waals surface area contributed by atoms with Gasteiger partial charge in [-0.3, -0.25) is 0 Å². The number of nitrogens with two attached hydrogens (primary N) is 1. The first-order chi connectivity index (χ1) is 11.2. The number of halogens is 1. The molecule has 0 aromatic carbocycles. The number of aryl methyl sites for hydroxylation is 3. The summed E-state index contributed by atoms with van der Waals surface area (Å²) in [5.41, 5.74) is 11.7. The highest BCUT2D eigenvalue weighted by molar-refractivity contribution is 5.75. The van der Waals surface area contributed by atoms with Gasteiger partial charge in [0.1, 0.15) is 12.7 Å². The number of ether oxygens (including phenoxy) is 1. The van der Waals surface area contributed by atoms with E-state index in [-0.39, 0.29) is 12.4 Å². The van der Waals surface area contributed by atoms with E-state index in [1.165, 1.54) is 23.2 Å². The van der Waals surface area contributed by atoms with Crippen LogP contribution >= 0.6 is 0 Å². The van der Waals surface area contributed by atoms with E-state index in [0.717, 1.165) is 24.8 Å². The Bertz CT molecular complexity index is 858. The second-order valence-corrected chi connectivity index (χ2v) is 6.15. The van der Waals surface area contributed by atoms with E-state index in [1.54, 1.807) is 0 Å². The summed E-state index contributed by atoms with van der Waals surface area (Å²) in [5.74, 6) is 0.548. The van der Waals surface area contributed by atoms with E-state index in [4.69, 9.17) is 10.5 Å². The van der Waals surface area contributed by atoms with Crippen LogP contribution in [0.15, 0.2) is 36.7 Å². The fourth-order valence-electron chi connectivity index (χ4n) is 3.21. The topological polar surface area (TPSA) is 56.4 Å². The predicted molar refractivity (Wildman–Crippen MR) is 88.4 cm³/mol. The van der Waals surface area contributed by atoms with Crippen LogP contribution in [0.5, 0.6) is 5.88 Å². The van der Waals surface area contributed by atoms with Gasteiger partial charge in [0, 0.05) is 24.2 Å². The highest BCUT2D eigenvalue weighted by Gasteiger charge is 2.19. The number of hydrogen-bond donors (Lipinski definition) is 1. The second kappa shape index (κ2) is 6.69. The van der Waals surface area contributed by atoms with Gasteiger partial charge in [-0.2, -0.15) is 0 Å². The summed E-state index contributed by atoms with van der Waals surface area (Å²) in [6, 6.07) is 8.42. The standard InChI is InChI=1S/C18H21N4O.ClH/c1-21-10-7-13(8-11-21)9-12-23-18-17(19)16-6-5-14-3-2-4-15(14)22(16)20-18;/h5-8,10-11H,2-4,9,12,19H2,1H3;1H/q+1;/p-1. The Kier molecular flexibility index (Phi) is 4.62. The molecule has 5 nitrogen and oxygen atoms in total. The molecule has 4 rings (SSSR count). The van der Waals surface area contributed by atoms with Gasteiger partial charge in [-0.1, -0.05) is 6.07 Å². The van der Waals surface area contributed by atoms with Crippen molar-refractivity contribution >= 4 is 11.2 Å². The molecule has 0 aliphatic heterocycles. The zero-order chi connectivity index (χ0) is 15.8. The van der Waals surface area contributed by atoms with Crippen molar-refractivity contribution in [1.82, 2.24) is 9.61 Å². The summed E-state index contributed by atoms with van der Waals surface area (Å²) >= 11 is 0. The van der Waals surface area contributed by atoms with Gasteiger partial charge in [-0.15, -0.1) is 5.10 Å². The van der Waals surface area contributed by atoms with Gasteiger partial charge >= 0.3 is 0 Å². The highest BCUT2D eigenvalue weighted by Crippen LogP contribution is 2.30. The van der Waals surface area contributed by atoms with E-state index < -0.39 is 0 Å². The van der Waals surface area contributed by atoms with Crippen LogP contribution in [-0.2, 0) is 26.3 Å². The molecule has 3 aromatic rings. The van der Waals surface area contributed by atoms with Crippen LogP contribution in [0.4, 0.5) is 5.69 Å². The number of nitrogens with zero attached hydrogens (tertiary/aromatic N) is 3. The van der Waals surface area contributed by atoms with Crippen molar-refractivity contribution in [3.63, 3.8) is 0 Å². The molecule has 0 radical (unpaired) electrons. The lowest BCUT2D eigenvalue weighted by molar-refractivity contribution is -0.671. The number of aromatic nitrogens is 3. The molecule has 1 aliphatic carbocycles. The maximum Gasteiger partial charge on any atom is 0.257 e. The molecule has 0 spiro atoms. The number of rotatable bonds is 4. The Morgan fingerprint density at radius 1 is 1.21 bits per heavy atom. The van der Waals surface area contributed by atoms with Crippen molar-refractivity contribution in [2.45, 2.75) is 25.7 Å². The smallest absolute Gasteiger partial charge is 0.257 e. The molecule has 2 N–H and O–H groups in total. The molecular weight excluding hydrogens is 324 g/mol. The van der Waals surface area contributed by atoms with Gasteiger partial charge in [0.25, 0.3) is 5.88 Å². The summed E-state index contributed by atoms with van der Waals surface area (Å²) in [7, 11) is 2.01. The minimum atomic E-state index is 0. The molecule has 0 amide bonds. The Morgan fingerprint density at radius 3 is 2.79 bits per heavy atom. The molecule has 6 heteroatoms. The Morgan fingerprint density at radius 2 is 2.00 bits per heavy atom. The molecule has 24 heavy (non-hydrogen) atoms. The van der Waals surface area contributed by atoms with E-state index in [2.05, 4.69) is 29.4 Å². The molecule has 0 atom stereocenters. The lowest BCUT2D eigenvalue weighted by atomic mass is 10.2. The van der Waals surface area contributed by atoms with Crippen LogP contribution in [0.25, 0.3) is 5.52 Å². The zero-order valence-electron chi connectivity index (χ0n) is 13.7. The second-order valence-electron chi connectivity index (χ2n) is 6.15. The first-order valence-corrected chi connectivity index (χ1v) is 8.08. The number of anilines is 1.